The summed E-state index contributed by atoms with van der Waals surface area (Å²) in [5.41, 5.74) is 4.64. The Labute approximate surface area is 76.0 Å². The highest BCUT2D eigenvalue weighted by atomic mass is 16.4. The molecule has 0 atom stereocenters. The Kier molecular flexibility index (Phi) is 1.50. The molecule has 0 fully saturated rings. The summed E-state index contributed by atoms with van der Waals surface area (Å²) in [4.78, 5) is 25.2. The van der Waals surface area contributed by atoms with Gasteiger partial charge in [-0.25, -0.2) is 24.1 Å². The van der Waals surface area contributed by atoms with Gasteiger partial charge in [-0.05, 0) is 0 Å². The fourth-order valence-electron chi connectivity index (χ4n) is 1.04. The van der Waals surface area contributed by atoms with Gasteiger partial charge in [0.25, 0.3) is 0 Å². The molecule has 4 N–H and O–H groups in total. The number of aromatic amines is 1. The quantitative estimate of drug-likeness (QED) is 0.519. The number of nitrogen functional groups attached to an aromatic ring is 1. The van der Waals surface area contributed by atoms with Crippen molar-refractivity contribution in [2.24, 2.45) is 0 Å². The summed E-state index contributed by atoms with van der Waals surface area (Å²) >= 11 is 0. The topological polar surface area (TPSA) is 126 Å². The summed E-state index contributed by atoms with van der Waals surface area (Å²) in [6.07, 6.45) is 1.06. The highest BCUT2D eigenvalue weighted by Gasteiger charge is 2.11. The van der Waals surface area contributed by atoms with Crippen LogP contribution in [0.15, 0.2) is 11.0 Å². The molecule has 0 amide bonds. The van der Waals surface area contributed by atoms with Crippen LogP contribution in [0, 0.1) is 0 Å². The molecule has 0 bridgehead atoms. The first-order valence-electron chi connectivity index (χ1n) is 3.56. The summed E-state index contributed by atoms with van der Waals surface area (Å²) in [5.74, 6) is -1.37. The monoisotopic (exact) mass is 195 g/mol. The van der Waals surface area contributed by atoms with Gasteiger partial charge in [-0.3, -0.25) is 0 Å². The first-order chi connectivity index (χ1) is 6.59. The van der Waals surface area contributed by atoms with Crippen molar-refractivity contribution >= 4 is 17.4 Å². The average Bonchev–Trinajstić information content (AvgIpc) is 2.48. The molecule has 2 rings (SSSR count). The van der Waals surface area contributed by atoms with Crippen LogP contribution in [-0.4, -0.2) is 30.7 Å². The van der Waals surface area contributed by atoms with E-state index < -0.39 is 11.7 Å². The number of nitrogens with two attached hydrogens (primary N) is 1. The van der Waals surface area contributed by atoms with E-state index in [9.17, 15) is 9.59 Å². The smallest absolute Gasteiger partial charge is 0.356 e. The molecule has 2 heterocycles. The molecule has 0 spiro atoms. The Balaban J connectivity index is 2.89. The van der Waals surface area contributed by atoms with Crippen LogP contribution in [0.3, 0.4) is 0 Å². The lowest BCUT2D eigenvalue weighted by Crippen LogP contribution is -2.13. The van der Waals surface area contributed by atoms with Gasteiger partial charge >= 0.3 is 11.7 Å². The van der Waals surface area contributed by atoms with Crippen LogP contribution < -0.4 is 11.4 Å². The second-order valence-electron chi connectivity index (χ2n) is 2.54. The van der Waals surface area contributed by atoms with E-state index in [2.05, 4.69) is 15.2 Å². The number of hydrogen-bond donors (Lipinski definition) is 3. The molecule has 0 radical (unpaired) electrons. The zero-order valence-electron chi connectivity index (χ0n) is 6.76. The SMILES string of the molecule is Nc1nc(C(=O)O)cn2c(=O)[nH]nc12. The Bertz CT molecular complexity index is 568. The maximum Gasteiger partial charge on any atom is 0.356 e. The van der Waals surface area contributed by atoms with Crippen molar-refractivity contribution in [3.05, 3.63) is 22.4 Å². The Hall–Kier alpha value is -2.38. The fourth-order valence-corrected chi connectivity index (χ4v) is 1.04. The summed E-state index contributed by atoms with van der Waals surface area (Å²) in [7, 11) is 0. The summed E-state index contributed by atoms with van der Waals surface area (Å²) in [6.45, 7) is 0. The first-order valence-corrected chi connectivity index (χ1v) is 3.56. The van der Waals surface area contributed by atoms with Crippen LogP contribution >= 0.6 is 0 Å². The number of rotatable bonds is 1. The minimum atomic E-state index is -1.26. The van der Waals surface area contributed by atoms with Crippen molar-refractivity contribution in [1.82, 2.24) is 19.6 Å². The third kappa shape index (κ3) is 1.01. The van der Waals surface area contributed by atoms with Gasteiger partial charge in [0, 0.05) is 6.20 Å². The predicted octanol–water partition coefficient (Wildman–Crippen LogP) is -1.30. The minimum absolute atomic E-state index is 0.108. The maximum atomic E-state index is 11.1. The molecule has 0 aliphatic carbocycles. The number of nitrogens with zero attached hydrogens (tertiary/aromatic N) is 3. The number of anilines is 1. The molecule has 0 aliphatic rings. The molecule has 8 heteroatoms. The average molecular weight is 195 g/mol. The molecule has 0 saturated heterocycles. The van der Waals surface area contributed by atoms with E-state index in [1.54, 1.807) is 0 Å². The number of nitrogens with one attached hydrogen (secondary N) is 1. The number of carboxylic acids is 1. The summed E-state index contributed by atoms with van der Waals surface area (Å²) in [5, 5.41) is 14.3. The minimum Gasteiger partial charge on any atom is -0.476 e. The Morgan fingerprint density at radius 2 is 2.36 bits per heavy atom. The van der Waals surface area contributed by atoms with Crippen molar-refractivity contribution in [2.75, 3.05) is 5.73 Å². The molecule has 0 unspecified atom stereocenters. The van der Waals surface area contributed by atoms with E-state index in [0.717, 1.165) is 10.6 Å². The molecule has 0 aliphatic heterocycles. The number of aromatic carboxylic acids is 1. The normalized spacial score (nSPS) is 10.6. The lowest BCUT2D eigenvalue weighted by Gasteiger charge is -1.97. The van der Waals surface area contributed by atoms with Crippen molar-refractivity contribution in [3.8, 4) is 0 Å². The van der Waals surface area contributed by atoms with Gasteiger partial charge in [0.1, 0.15) is 0 Å². The van der Waals surface area contributed by atoms with E-state index in [-0.39, 0.29) is 17.2 Å². The second kappa shape index (κ2) is 2.55. The van der Waals surface area contributed by atoms with Gasteiger partial charge in [0.15, 0.2) is 11.5 Å². The number of hydrogen-bond acceptors (Lipinski definition) is 5. The molecule has 14 heavy (non-hydrogen) atoms. The largest absolute Gasteiger partial charge is 0.476 e. The van der Waals surface area contributed by atoms with Gasteiger partial charge in [0.05, 0.1) is 0 Å². The van der Waals surface area contributed by atoms with Crippen molar-refractivity contribution in [3.63, 3.8) is 0 Å². The third-order valence-corrected chi connectivity index (χ3v) is 1.64. The highest BCUT2D eigenvalue weighted by Crippen LogP contribution is 2.06. The highest BCUT2D eigenvalue weighted by molar-refractivity contribution is 5.86. The number of carbonyl (C=O) groups is 1. The van der Waals surface area contributed by atoms with E-state index in [0.29, 0.717) is 0 Å². The number of aromatic nitrogens is 4. The first kappa shape index (κ1) is 8.23. The van der Waals surface area contributed by atoms with Gasteiger partial charge in [-0.1, -0.05) is 0 Å². The van der Waals surface area contributed by atoms with Crippen molar-refractivity contribution < 1.29 is 9.90 Å². The van der Waals surface area contributed by atoms with Crippen LogP contribution in [0.4, 0.5) is 5.82 Å². The van der Waals surface area contributed by atoms with Gasteiger partial charge in [-0.15, -0.1) is 5.10 Å². The number of fused-ring (bicyclic) bond motifs is 1. The summed E-state index contributed by atoms with van der Waals surface area (Å²) in [6, 6.07) is 0. The molecule has 72 valence electrons. The van der Waals surface area contributed by atoms with Crippen LogP contribution in [0.25, 0.3) is 5.65 Å². The molecule has 2 aromatic heterocycles. The fraction of sp³-hybridized carbons (Fsp3) is 0. The molecular formula is C6H5N5O3. The lowest BCUT2D eigenvalue weighted by atomic mass is 10.4. The predicted molar refractivity (Wildman–Crippen MR) is 45.0 cm³/mol. The van der Waals surface area contributed by atoms with Crippen LogP contribution in [-0.2, 0) is 0 Å². The zero-order valence-corrected chi connectivity index (χ0v) is 6.76. The van der Waals surface area contributed by atoms with Crippen LogP contribution in [0.5, 0.6) is 0 Å². The number of H-pyrrole nitrogens is 1. The standard InChI is InChI=1S/C6H5N5O3/c7-3-4-9-10-6(14)11(4)1-2(8-3)5(12)13/h1H,(H2,7,8)(H,10,14)(H,12,13). The van der Waals surface area contributed by atoms with E-state index in [1.165, 1.54) is 0 Å². The molecule has 0 saturated carbocycles. The molecule has 8 nitrogen and oxygen atoms in total. The second-order valence-corrected chi connectivity index (χ2v) is 2.54. The van der Waals surface area contributed by atoms with E-state index in [1.807, 2.05) is 0 Å². The zero-order chi connectivity index (χ0) is 10.3. The van der Waals surface area contributed by atoms with Gasteiger partial charge in [0.2, 0.25) is 5.65 Å². The van der Waals surface area contributed by atoms with Gasteiger partial charge < -0.3 is 10.8 Å². The van der Waals surface area contributed by atoms with Crippen LogP contribution in [0.1, 0.15) is 10.5 Å². The third-order valence-electron chi connectivity index (χ3n) is 1.64. The summed E-state index contributed by atoms with van der Waals surface area (Å²) < 4.78 is 0.992. The maximum absolute atomic E-state index is 11.1. The van der Waals surface area contributed by atoms with Gasteiger partial charge in [-0.2, -0.15) is 0 Å². The Morgan fingerprint density at radius 1 is 1.64 bits per heavy atom. The molecular weight excluding hydrogens is 190 g/mol. The molecule has 2 aromatic rings. The van der Waals surface area contributed by atoms with E-state index >= 15 is 0 Å². The Morgan fingerprint density at radius 3 is 3.00 bits per heavy atom. The lowest BCUT2D eigenvalue weighted by molar-refractivity contribution is 0.0690. The van der Waals surface area contributed by atoms with Crippen LogP contribution in [0.2, 0.25) is 0 Å². The van der Waals surface area contributed by atoms with Crippen molar-refractivity contribution in [2.45, 2.75) is 0 Å². The number of carboxylic acid groups (broad SMARTS) is 1. The molecule has 0 aromatic carbocycles. The van der Waals surface area contributed by atoms with Crippen molar-refractivity contribution in [1.29, 1.82) is 0 Å². The van der Waals surface area contributed by atoms with E-state index in [4.69, 9.17) is 10.8 Å².